The molecule has 102 valence electrons. The highest BCUT2D eigenvalue weighted by Gasteiger charge is 2.17. The van der Waals surface area contributed by atoms with Crippen molar-refractivity contribution in [3.8, 4) is 0 Å². The molecular formula is C13H18N4O2. The van der Waals surface area contributed by atoms with Gasteiger partial charge in [-0.1, -0.05) is 13.8 Å². The fourth-order valence-corrected chi connectivity index (χ4v) is 1.90. The number of hydrogen-bond donors (Lipinski definition) is 2. The number of rotatable bonds is 5. The summed E-state index contributed by atoms with van der Waals surface area (Å²) in [6, 6.07) is 5.65. The highest BCUT2D eigenvalue weighted by molar-refractivity contribution is 5.81. The zero-order valence-electron chi connectivity index (χ0n) is 11.1. The van der Waals surface area contributed by atoms with Crippen LogP contribution in [0.4, 0.5) is 11.7 Å². The van der Waals surface area contributed by atoms with Crippen LogP contribution in [0.5, 0.6) is 0 Å². The number of benzene rings is 1. The Bertz CT molecular complexity index is 591. The van der Waals surface area contributed by atoms with Gasteiger partial charge in [0.25, 0.3) is 6.01 Å². The minimum Gasteiger partial charge on any atom is -0.423 e. The van der Waals surface area contributed by atoms with Gasteiger partial charge in [0.1, 0.15) is 12.1 Å². The molecule has 0 aliphatic rings. The van der Waals surface area contributed by atoms with Crippen LogP contribution >= 0.6 is 0 Å². The molecule has 0 saturated carbocycles. The molecular weight excluding hydrogens is 244 g/mol. The summed E-state index contributed by atoms with van der Waals surface area (Å²) in [5.74, 6) is -0.0538. The molecule has 6 heteroatoms. The second kappa shape index (κ2) is 5.17. The van der Waals surface area contributed by atoms with Gasteiger partial charge >= 0.3 is 0 Å². The lowest BCUT2D eigenvalue weighted by Gasteiger charge is -2.20. The zero-order valence-corrected chi connectivity index (χ0v) is 11.1. The van der Waals surface area contributed by atoms with Gasteiger partial charge in [0.15, 0.2) is 5.58 Å². The van der Waals surface area contributed by atoms with E-state index in [2.05, 4.69) is 18.8 Å². The molecule has 0 aliphatic heterocycles. The second-order valence-electron chi connectivity index (χ2n) is 4.96. The Morgan fingerprint density at radius 3 is 2.84 bits per heavy atom. The summed E-state index contributed by atoms with van der Waals surface area (Å²) in [6.07, 6.45) is 0. The predicted octanol–water partition coefficient (Wildman–Crippen LogP) is 1.36. The Hall–Kier alpha value is -2.24. The van der Waals surface area contributed by atoms with Gasteiger partial charge in [-0.3, -0.25) is 4.79 Å². The molecule has 0 saturated heterocycles. The molecule has 2 rings (SSSR count). The average molecular weight is 262 g/mol. The van der Waals surface area contributed by atoms with Crippen LogP contribution in [0.15, 0.2) is 22.6 Å². The van der Waals surface area contributed by atoms with Crippen LogP contribution in [0.25, 0.3) is 11.1 Å². The van der Waals surface area contributed by atoms with Crippen LogP contribution in [-0.2, 0) is 4.79 Å². The molecule has 0 fully saturated rings. The molecule has 0 radical (unpaired) electrons. The van der Waals surface area contributed by atoms with E-state index in [1.807, 2.05) is 0 Å². The van der Waals surface area contributed by atoms with E-state index in [9.17, 15) is 4.79 Å². The molecule has 19 heavy (non-hydrogen) atoms. The molecule has 6 nitrogen and oxygen atoms in total. The van der Waals surface area contributed by atoms with Crippen molar-refractivity contribution in [2.24, 2.45) is 11.7 Å². The summed E-state index contributed by atoms with van der Waals surface area (Å²) in [6.45, 7) is 4.83. The molecule has 0 aliphatic carbocycles. The number of amides is 1. The zero-order chi connectivity index (χ0) is 14.0. The van der Waals surface area contributed by atoms with E-state index >= 15 is 0 Å². The number of nitrogens with zero attached hydrogens (tertiary/aromatic N) is 2. The second-order valence-corrected chi connectivity index (χ2v) is 4.96. The SMILES string of the molecule is CC(C)CN(CC(N)=O)c1nc2ccc(N)cc2o1. The number of carbonyl (C=O) groups is 1. The van der Waals surface area contributed by atoms with Crippen molar-refractivity contribution >= 4 is 28.7 Å². The maximum atomic E-state index is 11.1. The van der Waals surface area contributed by atoms with Crippen LogP contribution in [0.2, 0.25) is 0 Å². The third-order valence-corrected chi connectivity index (χ3v) is 2.60. The number of nitrogen functional groups attached to an aromatic ring is 1. The van der Waals surface area contributed by atoms with E-state index in [0.717, 1.165) is 0 Å². The van der Waals surface area contributed by atoms with Gasteiger partial charge < -0.3 is 20.8 Å². The largest absolute Gasteiger partial charge is 0.423 e. The first-order valence-electron chi connectivity index (χ1n) is 6.15. The van der Waals surface area contributed by atoms with Crippen LogP contribution < -0.4 is 16.4 Å². The van der Waals surface area contributed by atoms with Crippen molar-refractivity contribution in [1.29, 1.82) is 0 Å². The maximum Gasteiger partial charge on any atom is 0.298 e. The molecule has 1 amide bonds. The van der Waals surface area contributed by atoms with Gasteiger partial charge in [0, 0.05) is 18.3 Å². The van der Waals surface area contributed by atoms with Crippen molar-refractivity contribution < 1.29 is 9.21 Å². The molecule has 0 spiro atoms. The quantitative estimate of drug-likeness (QED) is 0.793. The summed E-state index contributed by atoms with van der Waals surface area (Å²) in [7, 11) is 0. The summed E-state index contributed by atoms with van der Waals surface area (Å²) >= 11 is 0. The number of fused-ring (bicyclic) bond motifs is 1. The van der Waals surface area contributed by atoms with E-state index in [-0.39, 0.29) is 6.54 Å². The average Bonchev–Trinajstić information content (AvgIpc) is 2.69. The van der Waals surface area contributed by atoms with Gasteiger partial charge in [0.05, 0.1) is 0 Å². The normalized spacial score (nSPS) is 11.1. The molecule has 1 aromatic heterocycles. The Balaban J connectivity index is 2.34. The van der Waals surface area contributed by atoms with E-state index in [1.165, 1.54) is 0 Å². The Morgan fingerprint density at radius 1 is 1.47 bits per heavy atom. The summed E-state index contributed by atoms with van der Waals surface area (Å²) < 4.78 is 5.64. The van der Waals surface area contributed by atoms with E-state index in [1.54, 1.807) is 23.1 Å². The van der Waals surface area contributed by atoms with Crippen LogP contribution in [-0.4, -0.2) is 24.0 Å². The van der Waals surface area contributed by atoms with E-state index in [4.69, 9.17) is 15.9 Å². The molecule has 0 unspecified atom stereocenters. The van der Waals surface area contributed by atoms with Gasteiger partial charge in [-0.2, -0.15) is 4.98 Å². The van der Waals surface area contributed by atoms with Crippen molar-refractivity contribution in [2.75, 3.05) is 23.7 Å². The third kappa shape index (κ3) is 3.15. The number of primary amides is 1. The number of aromatic nitrogens is 1. The number of carbonyl (C=O) groups excluding carboxylic acids is 1. The molecule has 1 aromatic carbocycles. The summed E-state index contributed by atoms with van der Waals surface area (Å²) in [4.78, 5) is 17.2. The van der Waals surface area contributed by atoms with Crippen molar-refractivity contribution in [2.45, 2.75) is 13.8 Å². The highest BCUT2D eigenvalue weighted by atomic mass is 16.4. The van der Waals surface area contributed by atoms with Gasteiger partial charge in [0.2, 0.25) is 5.91 Å². The third-order valence-electron chi connectivity index (χ3n) is 2.60. The molecule has 4 N–H and O–H groups in total. The molecule has 0 bridgehead atoms. The van der Waals surface area contributed by atoms with Gasteiger partial charge in [-0.05, 0) is 18.1 Å². The molecule has 2 aromatic rings. The monoisotopic (exact) mass is 262 g/mol. The Kier molecular flexibility index (Phi) is 3.59. The van der Waals surface area contributed by atoms with E-state index < -0.39 is 5.91 Å². The lowest BCUT2D eigenvalue weighted by atomic mass is 10.2. The van der Waals surface area contributed by atoms with Crippen molar-refractivity contribution in [3.05, 3.63) is 18.2 Å². The minimum absolute atomic E-state index is 0.0838. The molecule has 1 heterocycles. The Morgan fingerprint density at radius 2 is 2.21 bits per heavy atom. The number of nitrogens with two attached hydrogens (primary N) is 2. The number of anilines is 2. The van der Waals surface area contributed by atoms with Crippen molar-refractivity contribution in [1.82, 2.24) is 4.98 Å². The van der Waals surface area contributed by atoms with Gasteiger partial charge in [-0.25, -0.2) is 0 Å². The topological polar surface area (TPSA) is 98.4 Å². The molecule has 0 atom stereocenters. The van der Waals surface area contributed by atoms with Crippen molar-refractivity contribution in [3.63, 3.8) is 0 Å². The lowest BCUT2D eigenvalue weighted by molar-refractivity contribution is -0.116. The minimum atomic E-state index is -0.414. The van der Waals surface area contributed by atoms with E-state index in [0.29, 0.717) is 35.3 Å². The fourth-order valence-electron chi connectivity index (χ4n) is 1.90. The standard InChI is InChI=1S/C13H18N4O2/c1-8(2)6-17(7-12(15)18)13-16-10-4-3-9(14)5-11(10)19-13/h3-5,8H,6-7,14H2,1-2H3,(H2,15,18). The van der Waals surface area contributed by atoms with Gasteiger partial charge in [-0.15, -0.1) is 0 Å². The first kappa shape index (κ1) is 13.2. The summed E-state index contributed by atoms with van der Waals surface area (Å²) in [5, 5.41) is 0. The number of oxazole rings is 1. The lowest BCUT2D eigenvalue weighted by Crippen LogP contribution is -2.36. The number of hydrogen-bond acceptors (Lipinski definition) is 5. The van der Waals surface area contributed by atoms with Crippen LogP contribution in [0.1, 0.15) is 13.8 Å². The first-order chi connectivity index (χ1) is 8.95. The first-order valence-corrected chi connectivity index (χ1v) is 6.15. The van der Waals surface area contributed by atoms with Crippen LogP contribution in [0.3, 0.4) is 0 Å². The smallest absolute Gasteiger partial charge is 0.298 e. The summed E-state index contributed by atoms with van der Waals surface area (Å²) in [5.41, 5.74) is 12.9. The van der Waals surface area contributed by atoms with Crippen LogP contribution in [0, 0.1) is 5.92 Å². The highest BCUT2D eigenvalue weighted by Crippen LogP contribution is 2.24. The maximum absolute atomic E-state index is 11.1. The Labute approximate surface area is 111 Å². The fraction of sp³-hybridized carbons (Fsp3) is 0.385. The predicted molar refractivity (Wildman–Crippen MR) is 74.7 cm³/mol.